The lowest BCUT2D eigenvalue weighted by molar-refractivity contribution is 0.177. The lowest BCUT2D eigenvalue weighted by Crippen LogP contribution is -2.35. The Morgan fingerprint density at radius 3 is 2.96 bits per heavy atom. The SMILES string of the molecule is COCc1nc(NCCCn2cncn2)cc(C2CC(N)C2)n1. The molecule has 1 fully saturated rings. The first-order valence-electron chi connectivity index (χ1n) is 7.93. The molecule has 0 radical (unpaired) electrons. The minimum atomic E-state index is 0.305. The summed E-state index contributed by atoms with van der Waals surface area (Å²) in [6.07, 6.45) is 6.20. The third kappa shape index (κ3) is 4.23. The molecule has 1 aliphatic rings. The quantitative estimate of drug-likeness (QED) is 0.698. The summed E-state index contributed by atoms with van der Waals surface area (Å²) in [7, 11) is 1.65. The molecular weight excluding hydrogens is 294 g/mol. The van der Waals surface area contributed by atoms with Crippen LogP contribution in [0.3, 0.4) is 0 Å². The fraction of sp³-hybridized carbons (Fsp3) is 0.600. The molecule has 0 saturated heterocycles. The maximum atomic E-state index is 5.89. The van der Waals surface area contributed by atoms with Crippen molar-refractivity contribution in [1.82, 2.24) is 24.7 Å². The van der Waals surface area contributed by atoms with E-state index in [-0.39, 0.29) is 0 Å². The zero-order chi connectivity index (χ0) is 16.1. The normalized spacial score (nSPS) is 20.3. The van der Waals surface area contributed by atoms with E-state index in [1.807, 2.05) is 10.7 Å². The van der Waals surface area contributed by atoms with Crippen molar-refractivity contribution in [1.29, 1.82) is 0 Å². The van der Waals surface area contributed by atoms with Gasteiger partial charge in [-0.3, -0.25) is 4.68 Å². The number of nitrogens with two attached hydrogens (primary N) is 1. The van der Waals surface area contributed by atoms with Gasteiger partial charge in [0.25, 0.3) is 0 Å². The van der Waals surface area contributed by atoms with Crippen molar-refractivity contribution in [3.63, 3.8) is 0 Å². The number of aromatic nitrogens is 5. The second kappa shape index (κ2) is 7.47. The topological polar surface area (TPSA) is 104 Å². The lowest BCUT2D eigenvalue weighted by atomic mass is 9.78. The first kappa shape index (κ1) is 15.8. The van der Waals surface area contributed by atoms with Crippen LogP contribution in [0.15, 0.2) is 18.7 Å². The Balaban J connectivity index is 1.58. The summed E-state index contributed by atoms with van der Waals surface area (Å²) in [6, 6.07) is 2.34. The number of hydrogen-bond donors (Lipinski definition) is 2. The van der Waals surface area contributed by atoms with Gasteiger partial charge in [-0.15, -0.1) is 0 Å². The molecule has 124 valence electrons. The highest BCUT2D eigenvalue weighted by atomic mass is 16.5. The van der Waals surface area contributed by atoms with Gasteiger partial charge in [0.15, 0.2) is 5.82 Å². The molecule has 8 nitrogen and oxygen atoms in total. The van der Waals surface area contributed by atoms with Crippen molar-refractivity contribution in [3.05, 3.63) is 30.2 Å². The fourth-order valence-electron chi connectivity index (χ4n) is 2.72. The number of methoxy groups -OCH3 is 1. The smallest absolute Gasteiger partial charge is 0.156 e. The van der Waals surface area contributed by atoms with Gasteiger partial charge in [0, 0.05) is 43.9 Å². The van der Waals surface area contributed by atoms with Gasteiger partial charge < -0.3 is 15.8 Å². The largest absolute Gasteiger partial charge is 0.377 e. The number of nitrogens with one attached hydrogen (secondary N) is 1. The summed E-state index contributed by atoms with van der Waals surface area (Å²) in [4.78, 5) is 13.0. The van der Waals surface area contributed by atoms with E-state index in [2.05, 4.69) is 25.4 Å². The molecule has 0 unspecified atom stereocenters. The van der Waals surface area contributed by atoms with Gasteiger partial charge in [-0.05, 0) is 19.3 Å². The Morgan fingerprint density at radius 1 is 1.39 bits per heavy atom. The van der Waals surface area contributed by atoms with E-state index in [9.17, 15) is 0 Å². The molecule has 1 aliphatic carbocycles. The monoisotopic (exact) mass is 317 g/mol. The molecule has 0 aromatic carbocycles. The summed E-state index contributed by atoms with van der Waals surface area (Å²) in [5.74, 6) is 2.00. The van der Waals surface area contributed by atoms with Crippen LogP contribution in [0.25, 0.3) is 0 Å². The van der Waals surface area contributed by atoms with E-state index in [4.69, 9.17) is 10.5 Å². The highest BCUT2D eigenvalue weighted by Crippen LogP contribution is 2.35. The third-order valence-electron chi connectivity index (χ3n) is 4.00. The molecule has 2 heterocycles. The molecule has 3 N–H and O–H groups in total. The van der Waals surface area contributed by atoms with Crippen LogP contribution in [0.1, 0.15) is 36.7 Å². The van der Waals surface area contributed by atoms with Gasteiger partial charge in [-0.25, -0.2) is 15.0 Å². The number of rotatable bonds is 8. The third-order valence-corrected chi connectivity index (χ3v) is 4.00. The van der Waals surface area contributed by atoms with E-state index >= 15 is 0 Å². The van der Waals surface area contributed by atoms with E-state index in [1.54, 1.807) is 19.8 Å². The molecule has 0 amide bonds. The maximum Gasteiger partial charge on any atom is 0.156 e. The van der Waals surface area contributed by atoms with E-state index < -0.39 is 0 Å². The second-order valence-corrected chi connectivity index (χ2v) is 5.89. The molecule has 2 aromatic heterocycles. The van der Waals surface area contributed by atoms with Gasteiger partial charge in [0.05, 0.1) is 0 Å². The number of anilines is 1. The lowest BCUT2D eigenvalue weighted by Gasteiger charge is -2.32. The van der Waals surface area contributed by atoms with Crippen LogP contribution in [-0.2, 0) is 17.9 Å². The highest BCUT2D eigenvalue weighted by Gasteiger charge is 2.29. The molecule has 3 rings (SSSR count). The van der Waals surface area contributed by atoms with Crippen molar-refractivity contribution >= 4 is 5.82 Å². The Hall–Kier alpha value is -2.06. The number of aryl methyl sites for hydroxylation is 1. The minimum absolute atomic E-state index is 0.305. The Bertz CT molecular complexity index is 610. The summed E-state index contributed by atoms with van der Waals surface area (Å²) in [5, 5.41) is 7.45. The fourth-order valence-corrected chi connectivity index (χ4v) is 2.72. The van der Waals surface area contributed by atoms with Crippen LogP contribution in [0.5, 0.6) is 0 Å². The van der Waals surface area contributed by atoms with Crippen molar-refractivity contribution in [2.24, 2.45) is 5.73 Å². The second-order valence-electron chi connectivity index (χ2n) is 5.89. The van der Waals surface area contributed by atoms with Crippen molar-refractivity contribution in [2.75, 3.05) is 19.0 Å². The molecule has 0 aliphatic heterocycles. The summed E-state index contributed by atoms with van der Waals surface area (Å²) < 4.78 is 6.99. The molecular formula is C15H23N7O. The van der Waals surface area contributed by atoms with Gasteiger partial charge in [-0.2, -0.15) is 5.10 Å². The first-order chi connectivity index (χ1) is 11.2. The number of ether oxygens (including phenoxy) is 1. The summed E-state index contributed by atoms with van der Waals surface area (Å²) >= 11 is 0. The Kier molecular flexibility index (Phi) is 5.14. The molecule has 8 heteroatoms. The predicted molar refractivity (Wildman–Crippen MR) is 85.8 cm³/mol. The van der Waals surface area contributed by atoms with Crippen LogP contribution < -0.4 is 11.1 Å². The zero-order valence-electron chi connectivity index (χ0n) is 13.4. The van der Waals surface area contributed by atoms with Crippen LogP contribution in [0.2, 0.25) is 0 Å². The Morgan fingerprint density at radius 2 is 2.26 bits per heavy atom. The average molecular weight is 317 g/mol. The molecule has 0 spiro atoms. The number of hydrogen-bond acceptors (Lipinski definition) is 7. The van der Waals surface area contributed by atoms with Gasteiger partial charge in [-0.1, -0.05) is 0 Å². The van der Waals surface area contributed by atoms with Gasteiger partial charge in [0.2, 0.25) is 0 Å². The molecule has 0 bridgehead atoms. The van der Waals surface area contributed by atoms with Crippen LogP contribution in [0.4, 0.5) is 5.82 Å². The van der Waals surface area contributed by atoms with Crippen molar-refractivity contribution < 1.29 is 4.74 Å². The summed E-state index contributed by atoms with van der Waals surface area (Å²) in [6.45, 7) is 2.06. The van der Waals surface area contributed by atoms with Crippen molar-refractivity contribution in [3.8, 4) is 0 Å². The highest BCUT2D eigenvalue weighted by molar-refractivity contribution is 5.37. The zero-order valence-corrected chi connectivity index (χ0v) is 13.4. The molecule has 23 heavy (non-hydrogen) atoms. The Labute approximate surface area is 135 Å². The summed E-state index contributed by atoms with van der Waals surface area (Å²) in [5.41, 5.74) is 6.95. The maximum absolute atomic E-state index is 5.89. The molecule has 2 aromatic rings. The standard InChI is InChI=1S/C15H23N7O/c1-23-8-15-20-13(11-5-12(16)6-11)7-14(21-15)18-3-2-4-22-10-17-9-19-22/h7,9-12H,2-6,8,16H2,1H3,(H,18,20,21). The first-order valence-corrected chi connectivity index (χ1v) is 7.93. The minimum Gasteiger partial charge on any atom is -0.377 e. The van der Waals surface area contributed by atoms with E-state index in [0.29, 0.717) is 24.4 Å². The van der Waals surface area contributed by atoms with Crippen LogP contribution in [0, 0.1) is 0 Å². The molecule has 0 atom stereocenters. The van der Waals surface area contributed by atoms with E-state index in [0.717, 1.165) is 43.9 Å². The van der Waals surface area contributed by atoms with Gasteiger partial charge >= 0.3 is 0 Å². The van der Waals surface area contributed by atoms with Crippen LogP contribution in [-0.4, -0.2) is 44.4 Å². The van der Waals surface area contributed by atoms with E-state index in [1.165, 1.54) is 0 Å². The van der Waals surface area contributed by atoms with Crippen LogP contribution >= 0.6 is 0 Å². The van der Waals surface area contributed by atoms with Crippen molar-refractivity contribution in [2.45, 2.75) is 44.4 Å². The average Bonchev–Trinajstić information content (AvgIpc) is 3.02. The number of nitrogens with zero attached hydrogens (tertiary/aromatic N) is 5. The predicted octanol–water partition coefficient (Wildman–Crippen LogP) is 0.921. The van der Waals surface area contributed by atoms with Gasteiger partial charge in [0.1, 0.15) is 25.1 Å². The molecule has 1 saturated carbocycles.